The molecule has 18 heavy (non-hydrogen) atoms. The van der Waals surface area contributed by atoms with E-state index in [1.807, 2.05) is 12.1 Å². The maximum atomic E-state index is 9.32. The largest absolute Gasteiger partial charge is 0.508 e. The lowest BCUT2D eigenvalue weighted by molar-refractivity contribution is 0.157. The van der Waals surface area contributed by atoms with E-state index < -0.39 is 0 Å². The Kier molecular flexibility index (Phi) is 6.20. The van der Waals surface area contributed by atoms with Gasteiger partial charge in [-0.05, 0) is 36.5 Å². The van der Waals surface area contributed by atoms with E-state index in [4.69, 9.17) is 0 Å². The Balaban J connectivity index is 2.73. The number of nitrogens with zero attached hydrogens (tertiary/aromatic N) is 1. The van der Waals surface area contributed by atoms with Crippen molar-refractivity contribution in [2.24, 2.45) is 5.92 Å². The van der Waals surface area contributed by atoms with E-state index in [9.17, 15) is 5.11 Å². The van der Waals surface area contributed by atoms with Gasteiger partial charge in [-0.1, -0.05) is 39.8 Å². The van der Waals surface area contributed by atoms with Crippen molar-refractivity contribution in [2.45, 2.75) is 53.1 Å². The van der Waals surface area contributed by atoms with Crippen molar-refractivity contribution in [3.8, 4) is 5.75 Å². The van der Waals surface area contributed by atoms with E-state index in [1.54, 1.807) is 12.1 Å². The third-order valence-electron chi connectivity index (χ3n) is 3.38. The quantitative estimate of drug-likeness (QED) is 0.788. The summed E-state index contributed by atoms with van der Waals surface area (Å²) in [6, 6.07) is 8.24. The molecule has 0 spiro atoms. The summed E-state index contributed by atoms with van der Waals surface area (Å²) in [5.74, 6) is 1.03. The highest BCUT2D eigenvalue weighted by Gasteiger charge is 2.16. The van der Waals surface area contributed by atoms with E-state index >= 15 is 0 Å². The zero-order valence-corrected chi connectivity index (χ0v) is 12.2. The molecule has 0 aliphatic carbocycles. The molecular weight excluding hydrogens is 222 g/mol. The van der Waals surface area contributed by atoms with Gasteiger partial charge < -0.3 is 5.11 Å². The van der Waals surface area contributed by atoms with Gasteiger partial charge in [0.25, 0.3) is 0 Å². The molecule has 0 aliphatic heterocycles. The normalized spacial score (nSPS) is 11.7. The van der Waals surface area contributed by atoms with Gasteiger partial charge in [0.2, 0.25) is 0 Å². The molecule has 1 aromatic rings. The summed E-state index contributed by atoms with van der Waals surface area (Å²) < 4.78 is 0. The molecule has 1 N–H and O–H groups in total. The first-order chi connectivity index (χ1) is 8.56. The fourth-order valence-electron chi connectivity index (χ4n) is 2.45. The molecule has 1 aromatic carbocycles. The van der Waals surface area contributed by atoms with Crippen LogP contribution in [0.1, 0.15) is 46.1 Å². The second kappa shape index (κ2) is 7.42. The van der Waals surface area contributed by atoms with Crippen molar-refractivity contribution in [1.82, 2.24) is 4.90 Å². The number of hydrogen-bond acceptors (Lipinski definition) is 2. The highest BCUT2D eigenvalue weighted by atomic mass is 16.3. The lowest BCUT2D eigenvalue weighted by Crippen LogP contribution is -2.36. The van der Waals surface area contributed by atoms with E-state index in [-0.39, 0.29) is 0 Å². The monoisotopic (exact) mass is 249 g/mol. The molecule has 1 rings (SSSR count). The minimum Gasteiger partial charge on any atom is -0.508 e. The van der Waals surface area contributed by atoms with Crippen LogP contribution in [-0.2, 0) is 6.54 Å². The van der Waals surface area contributed by atoms with Gasteiger partial charge in [0.15, 0.2) is 0 Å². The van der Waals surface area contributed by atoms with Gasteiger partial charge >= 0.3 is 0 Å². The van der Waals surface area contributed by atoms with Crippen LogP contribution in [0.4, 0.5) is 0 Å². The number of hydrogen-bond donors (Lipinski definition) is 1. The Morgan fingerprint density at radius 3 is 2.06 bits per heavy atom. The van der Waals surface area contributed by atoms with Crippen molar-refractivity contribution in [1.29, 1.82) is 0 Å². The third kappa shape index (κ3) is 4.69. The summed E-state index contributed by atoms with van der Waals surface area (Å²) in [5, 5.41) is 9.32. The lowest BCUT2D eigenvalue weighted by Gasteiger charge is -2.32. The van der Waals surface area contributed by atoms with Crippen LogP contribution in [0.15, 0.2) is 24.3 Å². The fraction of sp³-hybridized carbons (Fsp3) is 0.625. The van der Waals surface area contributed by atoms with Gasteiger partial charge in [0.05, 0.1) is 0 Å². The molecule has 0 heterocycles. The average molecular weight is 249 g/mol. The third-order valence-corrected chi connectivity index (χ3v) is 3.38. The maximum Gasteiger partial charge on any atom is 0.115 e. The van der Waals surface area contributed by atoms with Crippen molar-refractivity contribution in [2.75, 3.05) is 6.54 Å². The van der Waals surface area contributed by atoms with E-state index in [1.165, 1.54) is 18.4 Å². The summed E-state index contributed by atoms with van der Waals surface area (Å²) >= 11 is 0. The Morgan fingerprint density at radius 2 is 1.61 bits per heavy atom. The van der Waals surface area contributed by atoms with Crippen LogP contribution in [0, 0.1) is 5.92 Å². The van der Waals surface area contributed by atoms with Crippen LogP contribution < -0.4 is 0 Å². The van der Waals surface area contributed by atoms with Crippen LogP contribution >= 0.6 is 0 Å². The smallest absolute Gasteiger partial charge is 0.115 e. The SMILES string of the molecule is CCC(CC)N(Cc1ccc(O)cc1)CC(C)C. The number of rotatable bonds is 7. The molecule has 2 heteroatoms. The highest BCUT2D eigenvalue weighted by Crippen LogP contribution is 2.17. The molecule has 0 fully saturated rings. The van der Waals surface area contributed by atoms with E-state index in [2.05, 4.69) is 32.6 Å². The van der Waals surface area contributed by atoms with E-state index in [0.717, 1.165) is 13.1 Å². The van der Waals surface area contributed by atoms with Crippen LogP contribution in [0.25, 0.3) is 0 Å². The average Bonchev–Trinajstić information content (AvgIpc) is 2.33. The second-order valence-corrected chi connectivity index (χ2v) is 5.46. The van der Waals surface area contributed by atoms with Crippen LogP contribution in [-0.4, -0.2) is 22.6 Å². The summed E-state index contributed by atoms with van der Waals surface area (Å²) in [6.07, 6.45) is 2.39. The van der Waals surface area contributed by atoms with Crippen LogP contribution in [0.3, 0.4) is 0 Å². The Hall–Kier alpha value is -1.02. The molecule has 0 atom stereocenters. The first-order valence-electron chi connectivity index (χ1n) is 7.08. The van der Waals surface area contributed by atoms with Crippen molar-refractivity contribution >= 4 is 0 Å². The van der Waals surface area contributed by atoms with Crippen LogP contribution in [0.5, 0.6) is 5.75 Å². The van der Waals surface area contributed by atoms with Crippen molar-refractivity contribution in [3.05, 3.63) is 29.8 Å². The number of phenols is 1. The topological polar surface area (TPSA) is 23.5 Å². The fourth-order valence-corrected chi connectivity index (χ4v) is 2.45. The lowest BCUT2D eigenvalue weighted by atomic mass is 10.1. The van der Waals surface area contributed by atoms with Gasteiger partial charge in [-0.2, -0.15) is 0 Å². The van der Waals surface area contributed by atoms with Crippen LogP contribution in [0.2, 0.25) is 0 Å². The Morgan fingerprint density at radius 1 is 1.06 bits per heavy atom. The molecule has 0 amide bonds. The summed E-state index contributed by atoms with van der Waals surface area (Å²) in [7, 11) is 0. The van der Waals surface area contributed by atoms with Gasteiger partial charge in [0, 0.05) is 19.1 Å². The zero-order chi connectivity index (χ0) is 13.5. The van der Waals surface area contributed by atoms with Gasteiger partial charge in [-0.15, -0.1) is 0 Å². The summed E-state index contributed by atoms with van der Waals surface area (Å²) in [4.78, 5) is 2.57. The molecule has 2 nitrogen and oxygen atoms in total. The maximum absolute atomic E-state index is 9.32. The first kappa shape index (κ1) is 15.0. The minimum absolute atomic E-state index is 0.344. The van der Waals surface area contributed by atoms with Crippen molar-refractivity contribution in [3.63, 3.8) is 0 Å². The van der Waals surface area contributed by atoms with Crippen molar-refractivity contribution < 1.29 is 5.11 Å². The Bertz CT molecular complexity index is 327. The highest BCUT2D eigenvalue weighted by molar-refractivity contribution is 5.25. The first-order valence-corrected chi connectivity index (χ1v) is 7.08. The molecular formula is C16H27NO. The van der Waals surface area contributed by atoms with Gasteiger partial charge in [-0.25, -0.2) is 0 Å². The van der Waals surface area contributed by atoms with Gasteiger partial charge in [-0.3, -0.25) is 4.90 Å². The number of aromatic hydroxyl groups is 1. The Labute approximate surface area is 112 Å². The molecule has 0 aromatic heterocycles. The van der Waals surface area contributed by atoms with E-state index in [0.29, 0.717) is 17.7 Å². The predicted molar refractivity (Wildman–Crippen MR) is 77.7 cm³/mol. The summed E-state index contributed by atoms with van der Waals surface area (Å²) in [5.41, 5.74) is 1.28. The standard InChI is InChI=1S/C16H27NO/c1-5-15(6-2)17(11-13(3)4)12-14-7-9-16(18)10-8-14/h7-10,13,15,18H,5-6,11-12H2,1-4H3. The molecule has 0 bridgehead atoms. The molecule has 0 aliphatic rings. The molecule has 0 saturated carbocycles. The predicted octanol–water partition coefficient (Wildman–Crippen LogP) is 4.04. The molecule has 102 valence electrons. The summed E-state index contributed by atoms with van der Waals surface area (Å²) in [6.45, 7) is 11.2. The zero-order valence-electron chi connectivity index (χ0n) is 12.2. The number of benzene rings is 1. The number of phenolic OH excluding ortho intramolecular Hbond substituents is 1. The van der Waals surface area contributed by atoms with Gasteiger partial charge in [0.1, 0.15) is 5.75 Å². The second-order valence-electron chi connectivity index (χ2n) is 5.46. The molecule has 0 radical (unpaired) electrons. The minimum atomic E-state index is 0.344. The molecule has 0 saturated heterocycles. The molecule has 0 unspecified atom stereocenters.